The van der Waals surface area contributed by atoms with Crippen LogP contribution in [0.2, 0.25) is 0 Å². The van der Waals surface area contributed by atoms with E-state index in [0.29, 0.717) is 24.5 Å². The normalized spacial score (nSPS) is 10.3. The van der Waals surface area contributed by atoms with Crippen LogP contribution in [0.3, 0.4) is 0 Å². The lowest BCUT2D eigenvalue weighted by molar-refractivity contribution is -0.121. The Morgan fingerprint density at radius 2 is 1.39 bits per heavy atom. The minimum Gasteiger partial charge on any atom is -0.490 e. The summed E-state index contributed by atoms with van der Waals surface area (Å²) in [6, 6.07) is 29.9. The molecule has 36 heavy (non-hydrogen) atoms. The third-order valence-corrected chi connectivity index (χ3v) is 5.44. The summed E-state index contributed by atoms with van der Waals surface area (Å²) in [5, 5.41) is 4.60. The van der Waals surface area contributed by atoms with E-state index in [4.69, 9.17) is 21.7 Å². The van der Waals surface area contributed by atoms with Crippen molar-refractivity contribution >= 4 is 39.9 Å². The van der Waals surface area contributed by atoms with Crippen LogP contribution < -0.4 is 25.6 Å². The molecule has 0 atom stereocenters. The molecule has 182 valence electrons. The van der Waals surface area contributed by atoms with Crippen LogP contribution in [0.4, 0.5) is 0 Å². The van der Waals surface area contributed by atoms with Gasteiger partial charge >= 0.3 is 0 Å². The van der Waals surface area contributed by atoms with Crippen molar-refractivity contribution in [2.75, 3.05) is 13.2 Å². The molecular weight excluding hydrogens is 474 g/mol. The summed E-state index contributed by atoms with van der Waals surface area (Å²) in [6.07, 6.45) is 0.165. The molecule has 4 aromatic carbocycles. The Balaban J connectivity index is 1.22. The van der Waals surface area contributed by atoms with E-state index in [1.165, 1.54) is 0 Å². The second-order valence-corrected chi connectivity index (χ2v) is 8.22. The number of carbonyl (C=O) groups excluding carboxylic acids is 2. The molecule has 3 N–H and O–H groups in total. The van der Waals surface area contributed by atoms with Crippen molar-refractivity contribution in [2.24, 2.45) is 0 Å². The molecule has 8 heteroatoms. The van der Waals surface area contributed by atoms with Crippen molar-refractivity contribution in [3.8, 4) is 11.5 Å². The van der Waals surface area contributed by atoms with E-state index in [1.54, 1.807) is 24.3 Å². The predicted octanol–water partition coefficient (Wildman–Crippen LogP) is 4.18. The smallest absolute Gasteiger partial charge is 0.257 e. The fraction of sp³-hybridized carbons (Fsp3) is 0.107. The first-order valence-electron chi connectivity index (χ1n) is 11.4. The summed E-state index contributed by atoms with van der Waals surface area (Å²) in [7, 11) is 0. The van der Waals surface area contributed by atoms with Gasteiger partial charge in [0.15, 0.2) is 5.11 Å². The van der Waals surface area contributed by atoms with Gasteiger partial charge in [-0.05, 0) is 58.9 Å². The van der Waals surface area contributed by atoms with Crippen molar-refractivity contribution < 1.29 is 19.1 Å². The molecule has 0 saturated carbocycles. The van der Waals surface area contributed by atoms with Crippen LogP contribution in [0.5, 0.6) is 11.5 Å². The van der Waals surface area contributed by atoms with Gasteiger partial charge in [0.25, 0.3) is 5.91 Å². The number of hydrazine groups is 1. The average Bonchev–Trinajstić information content (AvgIpc) is 2.91. The van der Waals surface area contributed by atoms with Gasteiger partial charge in [0.2, 0.25) is 5.91 Å². The summed E-state index contributed by atoms with van der Waals surface area (Å²) in [5.41, 5.74) is 6.36. The lowest BCUT2D eigenvalue weighted by atomic mass is 10.0. The molecule has 2 amide bonds. The average molecular weight is 500 g/mol. The number of rotatable bonds is 8. The van der Waals surface area contributed by atoms with Crippen LogP contribution in [0.1, 0.15) is 15.9 Å². The van der Waals surface area contributed by atoms with E-state index in [2.05, 4.69) is 16.2 Å². The molecular formula is C28H25N3O4S. The summed E-state index contributed by atoms with van der Waals surface area (Å²) in [5.74, 6) is 0.582. The number of ether oxygens (including phenoxy) is 2. The van der Waals surface area contributed by atoms with Gasteiger partial charge in [-0.3, -0.25) is 25.8 Å². The number of nitrogens with one attached hydrogen (secondary N) is 3. The second kappa shape index (κ2) is 12.3. The molecule has 0 aliphatic rings. The minimum absolute atomic E-state index is 0.0196. The molecule has 0 spiro atoms. The summed E-state index contributed by atoms with van der Waals surface area (Å²) in [4.78, 5) is 25.0. The Labute approximate surface area is 214 Å². The topological polar surface area (TPSA) is 88.7 Å². The molecule has 0 aliphatic heterocycles. The van der Waals surface area contributed by atoms with Gasteiger partial charge in [-0.1, -0.05) is 66.7 Å². The third kappa shape index (κ3) is 7.04. The van der Waals surface area contributed by atoms with Crippen molar-refractivity contribution in [1.82, 2.24) is 16.2 Å². The zero-order chi connectivity index (χ0) is 25.2. The molecule has 0 radical (unpaired) electrons. The molecule has 0 bridgehead atoms. The van der Waals surface area contributed by atoms with Crippen LogP contribution >= 0.6 is 12.2 Å². The van der Waals surface area contributed by atoms with E-state index in [9.17, 15) is 9.59 Å². The van der Waals surface area contributed by atoms with Gasteiger partial charge in [-0.25, -0.2) is 0 Å². The summed E-state index contributed by atoms with van der Waals surface area (Å²) >= 11 is 5.15. The van der Waals surface area contributed by atoms with E-state index in [0.717, 1.165) is 22.1 Å². The highest BCUT2D eigenvalue weighted by Crippen LogP contribution is 2.19. The lowest BCUT2D eigenvalue weighted by Crippen LogP contribution is -2.48. The molecule has 0 unspecified atom stereocenters. The number of hydrogen-bond donors (Lipinski definition) is 3. The Bertz CT molecular complexity index is 1360. The number of para-hydroxylation sites is 1. The molecule has 4 aromatic rings. The molecule has 0 fully saturated rings. The standard InChI is InChI=1S/C28H25N3O4S/c32-26(19-21-10-6-9-20-8-4-5-15-25(20)21)30-31-28(36)29-27(33)22-11-7-14-24(18-22)35-17-16-34-23-12-2-1-3-13-23/h1-15,18H,16-17,19H2,(H,30,32)(H2,29,31,33,36). The Morgan fingerprint density at radius 1 is 0.722 bits per heavy atom. The van der Waals surface area contributed by atoms with Gasteiger partial charge in [0.1, 0.15) is 24.7 Å². The molecule has 0 saturated heterocycles. The zero-order valence-electron chi connectivity index (χ0n) is 19.4. The maximum atomic E-state index is 12.6. The van der Waals surface area contributed by atoms with Gasteiger partial charge in [0, 0.05) is 5.56 Å². The van der Waals surface area contributed by atoms with Crippen LogP contribution in [-0.2, 0) is 11.2 Å². The first-order valence-corrected chi connectivity index (χ1v) is 11.8. The van der Waals surface area contributed by atoms with Crippen molar-refractivity contribution in [3.05, 3.63) is 108 Å². The first-order chi connectivity index (χ1) is 17.6. The maximum absolute atomic E-state index is 12.6. The highest BCUT2D eigenvalue weighted by Gasteiger charge is 2.11. The molecule has 0 aliphatic carbocycles. The van der Waals surface area contributed by atoms with Crippen molar-refractivity contribution in [1.29, 1.82) is 0 Å². The second-order valence-electron chi connectivity index (χ2n) is 7.81. The van der Waals surface area contributed by atoms with Crippen LogP contribution in [0.15, 0.2) is 97.1 Å². The predicted molar refractivity (Wildman–Crippen MR) is 143 cm³/mol. The molecule has 4 rings (SSSR count). The quantitative estimate of drug-likeness (QED) is 0.192. The minimum atomic E-state index is -0.429. The van der Waals surface area contributed by atoms with Crippen molar-refractivity contribution in [3.63, 3.8) is 0 Å². The summed E-state index contributed by atoms with van der Waals surface area (Å²) < 4.78 is 11.3. The van der Waals surface area contributed by atoms with Gasteiger partial charge in [-0.15, -0.1) is 0 Å². The number of carbonyl (C=O) groups is 2. The SMILES string of the molecule is O=C(Cc1cccc2ccccc12)NNC(=S)NC(=O)c1cccc(OCCOc2ccccc2)c1. The highest BCUT2D eigenvalue weighted by molar-refractivity contribution is 7.80. The van der Waals surface area contributed by atoms with Crippen molar-refractivity contribution in [2.45, 2.75) is 6.42 Å². The van der Waals surface area contributed by atoms with Crippen LogP contribution in [-0.4, -0.2) is 30.1 Å². The summed E-state index contributed by atoms with van der Waals surface area (Å²) in [6.45, 7) is 0.690. The fourth-order valence-electron chi connectivity index (χ4n) is 3.56. The third-order valence-electron chi connectivity index (χ3n) is 5.23. The Kier molecular flexibility index (Phi) is 8.45. The highest BCUT2D eigenvalue weighted by atomic mass is 32.1. The lowest BCUT2D eigenvalue weighted by Gasteiger charge is -2.12. The zero-order valence-corrected chi connectivity index (χ0v) is 20.2. The van der Waals surface area contributed by atoms with Crippen LogP contribution in [0, 0.1) is 0 Å². The number of thiocarbonyl (C=S) groups is 1. The molecule has 0 heterocycles. The first kappa shape index (κ1) is 24.7. The fourth-order valence-corrected chi connectivity index (χ4v) is 3.70. The van der Waals surface area contributed by atoms with E-state index >= 15 is 0 Å². The van der Waals surface area contributed by atoms with Crippen LogP contribution in [0.25, 0.3) is 10.8 Å². The largest absolute Gasteiger partial charge is 0.490 e. The van der Waals surface area contributed by atoms with Gasteiger partial charge < -0.3 is 9.47 Å². The Morgan fingerprint density at radius 3 is 2.22 bits per heavy atom. The van der Waals surface area contributed by atoms with Gasteiger partial charge in [-0.2, -0.15) is 0 Å². The van der Waals surface area contributed by atoms with E-state index < -0.39 is 5.91 Å². The monoisotopic (exact) mass is 499 g/mol. The Hall–Kier alpha value is -4.43. The van der Waals surface area contributed by atoms with Gasteiger partial charge in [0.05, 0.1) is 6.42 Å². The van der Waals surface area contributed by atoms with E-state index in [-0.39, 0.29) is 17.4 Å². The number of hydrogen-bond acceptors (Lipinski definition) is 5. The number of fused-ring (bicyclic) bond motifs is 1. The molecule has 0 aromatic heterocycles. The number of benzene rings is 4. The maximum Gasteiger partial charge on any atom is 0.257 e. The van der Waals surface area contributed by atoms with E-state index in [1.807, 2.05) is 72.8 Å². The number of amides is 2. The molecule has 7 nitrogen and oxygen atoms in total.